The lowest BCUT2D eigenvalue weighted by Gasteiger charge is -2.35. The van der Waals surface area contributed by atoms with E-state index < -0.39 is 0 Å². The molecule has 0 spiro atoms. The van der Waals surface area contributed by atoms with Gasteiger partial charge < -0.3 is 19.9 Å². The second-order valence-electron chi connectivity index (χ2n) is 6.96. The molecule has 2 N–H and O–H groups in total. The van der Waals surface area contributed by atoms with Crippen molar-refractivity contribution < 1.29 is 4.74 Å². The average molecular weight is 479 g/mol. The molecule has 0 radical (unpaired) electrons. The normalized spacial score (nSPS) is 17.1. The van der Waals surface area contributed by atoms with Crippen molar-refractivity contribution in [2.24, 2.45) is 18.0 Å². The van der Waals surface area contributed by atoms with Gasteiger partial charge in [-0.25, -0.2) is 0 Å². The molecule has 1 saturated heterocycles. The Morgan fingerprint density at radius 3 is 2.46 bits per heavy atom. The summed E-state index contributed by atoms with van der Waals surface area (Å²) in [5, 5.41) is 15.0. The Balaban J connectivity index is 0.00000338. The maximum atomic E-state index is 5.49. The summed E-state index contributed by atoms with van der Waals surface area (Å²) in [6.45, 7) is 11.6. The molecule has 0 bridgehead atoms. The third-order valence-electron chi connectivity index (χ3n) is 4.63. The highest BCUT2D eigenvalue weighted by Crippen LogP contribution is 2.13. The number of hydrogen-bond acceptors (Lipinski definition) is 5. The third kappa shape index (κ3) is 6.99. The summed E-state index contributed by atoms with van der Waals surface area (Å²) in [6, 6.07) is 0.486. The van der Waals surface area contributed by atoms with Crippen LogP contribution in [0, 0.1) is 12.8 Å². The van der Waals surface area contributed by atoms with E-state index in [1.165, 1.54) is 0 Å². The van der Waals surface area contributed by atoms with Gasteiger partial charge in [-0.05, 0) is 19.3 Å². The molecular formula is C17H34IN7O. The average Bonchev–Trinajstić information content (AvgIpc) is 2.93. The fraction of sp³-hybridized carbons (Fsp3) is 0.824. The molecule has 0 aliphatic carbocycles. The molecule has 2 heterocycles. The van der Waals surface area contributed by atoms with Crippen LogP contribution < -0.4 is 10.6 Å². The number of aromatic nitrogens is 3. The maximum absolute atomic E-state index is 5.49. The first-order valence-corrected chi connectivity index (χ1v) is 9.12. The molecule has 0 aromatic carbocycles. The van der Waals surface area contributed by atoms with Gasteiger partial charge in [-0.3, -0.25) is 9.89 Å². The van der Waals surface area contributed by atoms with Crippen molar-refractivity contribution in [1.82, 2.24) is 30.3 Å². The predicted octanol–water partition coefficient (Wildman–Crippen LogP) is 1.15. The van der Waals surface area contributed by atoms with Crippen LogP contribution in [-0.2, 0) is 18.3 Å². The number of rotatable bonds is 7. The minimum atomic E-state index is 0. The molecule has 9 heteroatoms. The second-order valence-corrected chi connectivity index (χ2v) is 6.96. The topological polar surface area (TPSA) is 79.6 Å². The number of nitrogens with zero attached hydrogens (tertiary/aromatic N) is 5. The molecule has 8 nitrogen and oxygen atoms in total. The molecule has 1 fully saturated rings. The van der Waals surface area contributed by atoms with E-state index in [0.717, 1.165) is 56.9 Å². The van der Waals surface area contributed by atoms with Crippen molar-refractivity contribution in [3.8, 4) is 0 Å². The van der Waals surface area contributed by atoms with Crippen molar-refractivity contribution in [2.75, 3.05) is 39.9 Å². The van der Waals surface area contributed by atoms with Crippen molar-refractivity contribution in [1.29, 1.82) is 0 Å². The zero-order valence-electron chi connectivity index (χ0n) is 16.7. The van der Waals surface area contributed by atoms with Crippen LogP contribution in [0.4, 0.5) is 0 Å². The second kappa shape index (κ2) is 11.7. The van der Waals surface area contributed by atoms with Crippen LogP contribution in [0.3, 0.4) is 0 Å². The fourth-order valence-electron chi connectivity index (χ4n) is 3.05. The maximum Gasteiger partial charge on any atom is 0.191 e. The summed E-state index contributed by atoms with van der Waals surface area (Å²) in [6.07, 6.45) is 1.16. The van der Waals surface area contributed by atoms with E-state index in [-0.39, 0.29) is 24.0 Å². The Bertz CT molecular complexity index is 555. The summed E-state index contributed by atoms with van der Waals surface area (Å²) >= 11 is 0. The van der Waals surface area contributed by atoms with Gasteiger partial charge in [-0.15, -0.1) is 34.2 Å². The van der Waals surface area contributed by atoms with Crippen molar-refractivity contribution in [3.05, 3.63) is 11.6 Å². The lowest BCUT2D eigenvalue weighted by atomic mass is 10.0. The van der Waals surface area contributed by atoms with Gasteiger partial charge in [0.05, 0.1) is 19.8 Å². The van der Waals surface area contributed by atoms with Gasteiger partial charge in [0.1, 0.15) is 5.82 Å². The van der Waals surface area contributed by atoms with Gasteiger partial charge in [0.25, 0.3) is 0 Å². The molecule has 1 aliphatic heterocycles. The number of halogens is 1. The first-order valence-electron chi connectivity index (χ1n) is 9.12. The van der Waals surface area contributed by atoms with E-state index in [2.05, 4.69) is 44.6 Å². The highest BCUT2D eigenvalue weighted by molar-refractivity contribution is 14.0. The summed E-state index contributed by atoms with van der Waals surface area (Å²) in [5.41, 5.74) is 0. The van der Waals surface area contributed by atoms with Crippen LogP contribution in [0.15, 0.2) is 4.99 Å². The Labute approximate surface area is 174 Å². The van der Waals surface area contributed by atoms with Gasteiger partial charge in [-0.2, -0.15) is 0 Å². The molecule has 1 aliphatic rings. The van der Waals surface area contributed by atoms with Gasteiger partial charge in [0.2, 0.25) is 0 Å². The largest absolute Gasteiger partial charge is 0.379 e. The summed E-state index contributed by atoms with van der Waals surface area (Å²) in [4.78, 5) is 6.85. The monoisotopic (exact) mass is 479 g/mol. The molecule has 1 aromatic rings. The first kappa shape index (κ1) is 23.1. The van der Waals surface area contributed by atoms with Gasteiger partial charge in [0.15, 0.2) is 11.8 Å². The van der Waals surface area contributed by atoms with Crippen LogP contribution >= 0.6 is 24.0 Å². The summed E-state index contributed by atoms with van der Waals surface area (Å²) in [5.74, 6) is 3.25. The van der Waals surface area contributed by atoms with Crippen molar-refractivity contribution >= 4 is 29.9 Å². The summed E-state index contributed by atoms with van der Waals surface area (Å²) in [7, 11) is 3.77. The lowest BCUT2D eigenvalue weighted by molar-refractivity contribution is 0.0132. The third-order valence-corrected chi connectivity index (χ3v) is 4.63. The number of aliphatic imine (C=N–C) groups is 1. The Morgan fingerprint density at radius 1 is 1.23 bits per heavy atom. The Morgan fingerprint density at radius 2 is 1.92 bits per heavy atom. The molecule has 150 valence electrons. The number of ether oxygens (including phenoxy) is 1. The van der Waals surface area contributed by atoms with Gasteiger partial charge in [0, 0.05) is 39.8 Å². The Hall–Kier alpha value is -0.940. The lowest BCUT2D eigenvalue weighted by Crippen LogP contribution is -2.51. The number of nitrogens with one attached hydrogen (secondary N) is 2. The van der Waals surface area contributed by atoms with E-state index in [9.17, 15) is 0 Å². The SMILES string of the molecule is CN=C(NCc1nnc(C)n1C)NCC(CC(C)C)N1CCOCC1.I. The molecule has 2 rings (SSSR count). The zero-order chi connectivity index (χ0) is 18.2. The highest BCUT2D eigenvalue weighted by Gasteiger charge is 2.22. The van der Waals surface area contributed by atoms with Crippen LogP contribution in [0.2, 0.25) is 0 Å². The molecule has 0 amide bonds. The van der Waals surface area contributed by atoms with Crippen molar-refractivity contribution in [3.63, 3.8) is 0 Å². The number of guanidine groups is 1. The number of morpholine rings is 1. The van der Waals surface area contributed by atoms with Crippen molar-refractivity contribution in [2.45, 2.75) is 39.8 Å². The van der Waals surface area contributed by atoms with E-state index >= 15 is 0 Å². The van der Waals surface area contributed by atoms with Crippen LogP contribution in [0.5, 0.6) is 0 Å². The zero-order valence-corrected chi connectivity index (χ0v) is 19.0. The molecule has 26 heavy (non-hydrogen) atoms. The number of aryl methyl sites for hydroxylation is 1. The molecule has 1 aromatic heterocycles. The van der Waals surface area contributed by atoms with Gasteiger partial charge in [-0.1, -0.05) is 13.8 Å². The predicted molar refractivity (Wildman–Crippen MR) is 115 cm³/mol. The van der Waals surface area contributed by atoms with Crippen LogP contribution in [0.25, 0.3) is 0 Å². The van der Waals surface area contributed by atoms with E-state index in [1.54, 1.807) is 7.05 Å². The minimum absolute atomic E-state index is 0. The highest BCUT2D eigenvalue weighted by atomic mass is 127. The quantitative estimate of drug-likeness (QED) is 0.347. The standard InChI is InChI=1S/C17H33N7O.HI/c1-13(2)10-15(24-6-8-25-9-7-24)11-19-17(18-4)20-12-16-22-21-14(3)23(16)5;/h13,15H,6-12H2,1-5H3,(H2,18,19,20);1H. The van der Waals surface area contributed by atoms with E-state index in [0.29, 0.717) is 18.5 Å². The van der Waals surface area contributed by atoms with E-state index in [4.69, 9.17) is 4.74 Å². The van der Waals surface area contributed by atoms with Gasteiger partial charge >= 0.3 is 0 Å². The molecule has 1 atom stereocenters. The first-order chi connectivity index (χ1) is 12.0. The summed E-state index contributed by atoms with van der Waals surface area (Å²) < 4.78 is 7.47. The molecule has 0 saturated carbocycles. The molecular weight excluding hydrogens is 445 g/mol. The fourth-order valence-corrected chi connectivity index (χ4v) is 3.05. The van der Waals surface area contributed by atoms with Crippen LogP contribution in [-0.4, -0.2) is 71.6 Å². The Kier molecular flexibility index (Phi) is 10.4. The van der Waals surface area contributed by atoms with E-state index in [1.807, 2.05) is 18.5 Å². The van der Waals surface area contributed by atoms with Crippen LogP contribution in [0.1, 0.15) is 31.9 Å². The molecule has 1 unspecified atom stereocenters. The minimum Gasteiger partial charge on any atom is -0.379 e. The number of hydrogen-bond donors (Lipinski definition) is 2. The smallest absolute Gasteiger partial charge is 0.191 e.